The third kappa shape index (κ3) is 3.07. The molecule has 2 amide bonds. The molecule has 2 aliphatic heterocycles. The van der Waals surface area contributed by atoms with Gasteiger partial charge in [0.2, 0.25) is 0 Å². The molecule has 2 aliphatic rings. The van der Waals surface area contributed by atoms with Crippen molar-refractivity contribution in [2.45, 2.75) is 12.5 Å². The Bertz CT molecular complexity index is 647. The number of imide groups is 1. The zero-order valence-electron chi connectivity index (χ0n) is 11.1. The highest BCUT2D eigenvalue weighted by Crippen LogP contribution is 2.32. The average molecular weight is 324 g/mol. The third-order valence-electron chi connectivity index (χ3n) is 3.49. The Morgan fingerprint density at radius 1 is 1.43 bits per heavy atom. The van der Waals surface area contributed by atoms with E-state index >= 15 is 0 Å². The smallest absolute Gasteiger partial charge is 0.290 e. The largest absolute Gasteiger partial charge is 0.369 e. The van der Waals surface area contributed by atoms with Gasteiger partial charge in [-0.25, -0.2) is 0 Å². The molecule has 0 saturated carbocycles. The molecule has 21 heavy (non-hydrogen) atoms. The van der Waals surface area contributed by atoms with Gasteiger partial charge in [0.15, 0.2) is 0 Å². The van der Waals surface area contributed by atoms with Gasteiger partial charge in [-0.05, 0) is 42.0 Å². The van der Waals surface area contributed by atoms with Gasteiger partial charge in [0.25, 0.3) is 11.1 Å². The lowest BCUT2D eigenvalue weighted by atomic mass is 10.1. The van der Waals surface area contributed by atoms with Gasteiger partial charge < -0.3 is 10.6 Å². The summed E-state index contributed by atoms with van der Waals surface area (Å²) in [5, 5.41) is 2.54. The van der Waals surface area contributed by atoms with Crippen molar-refractivity contribution in [3.8, 4) is 0 Å². The number of nitrogens with zero attached hydrogens (tertiary/aromatic N) is 1. The van der Waals surface area contributed by atoms with E-state index in [0.717, 1.165) is 42.5 Å². The van der Waals surface area contributed by atoms with E-state index in [2.05, 4.69) is 10.2 Å². The highest BCUT2D eigenvalue weighted by Gasteiger charge is 2.26. The van der Waals surface area contributed by atoms with Crippen LogP contribution in [0.25, 0.3) is 6.08 Å². The maximum atomic E-state index is 11.7. The van der Waals surface area contributed by atoms with E-state index in [0.29, 0.717) is 9.93 Å². The van der Waals surface area contributed by atoms with Crippen LogP contribution in [0.5, 0.6) is 0 Å². The maximum absolute atomic E-state index is 11.7. The number of thioether (sulfide) groups is 1. The first-order valence-corrected chi connectivity index (χ1v) is 7.77. The molecule has 2 fully saturated rings. The van der Waals surface area contributed by atoms with Gasteiger partial charge in [0, 0.05) is 29.8 Å². The summed E-state index contributed by atoms with van der Waals surface area (Å²) in [6.07, 6.45) is 2.65. The highest BCUT2D eigenvalue weighted by atomic mass is 35.5. The fourth-order valence-electron chi connectivity index (χ4n) is 2.48. The predicted octanol–water partition coefficient (Wildman–Crippen LogP) is 2.20. The topological polar surface area (TPSA) is 75.4 Å². The normalized spacial score (nSPS) is 24.0. The quantitative estimate of drug-likeness (QED) is 0.816. The number of amides is 2. The Hall–Kier alpha value is -1.50. The zero-order chi connectivity index (χ0) is 15.0. The molecule has 1 unspecified atom stereocenters. The third-order valence-corrected chi connectivity index (χ3v) is 4.53. The summed E-state index contributed by atoms with van der Waals surface area (Å²) >= 11 is 6.99. The average Bonchev–Trinajstić information content (AvgIpc) is 2.98. The van der Waals surface area contributed by atoms with Gasteiger partial charge in [-0.3, -0.25) is 14.9 Å². The number of carbonyl (C=O) groups excluding carboxylic acids is 2. The molecule has 7 heteroatoms. The van der Waals surface area contributed by atoms with Crippen molar-refractivity contribution < 1.29 is 9.59 Å². The lowest BCUT2D eigenvalue weighted by Crippen LogP contribution is -2.26. The molecule has 3 rings (SSSR count). The van der Waals surface area contributed by atoms with Gasteiger partial charge in [-0.2, -0.15) is 0 Å². The van der Waals surface area contributed by atoms with Crippen molar-refractivity contribution >= 4 is 46.3 Å². The molecule has 3 N–H and O–H groups in total. The lowest BCUT2D eigenvalue weighted by Gasteiger charge is -2.21. The van der Waals surface area contributed by atoms with Crippen LogP contribution in [0, 0.1) is 0 Å². The van der Waals surface area contributed by atoms with E-state index in [9.17, 15) is 9.59 Å². The first-order valence-electron chi connectivity index (χ1n) is 6.58. The van der Waals surface area contributed by atoms with Crippen LogP contribution in [0.2, 0.25) is 5.02 Å². The Morgan fingerprint density at radius 3 is 2.86 bits per heavy atom. The number of hydrogen-bond acceptors (Lipinski definition) is 5. The van der Waals surface area contributed by atoms with E-state index < -0.39 is 0 Å². The molecular weight excluding hydrogens is 310 g/mol. The number of rotatable bonds is 2. The van der Waals surface area contributed by atoms with Crippen molar-refractivity contribution in [2.24, 2.45) is 5.73 Å². The SMILES string of the molecule is NC1CCN(c2cc(Cl)ccc2C=C2SC(=O)NC2=O)C1. The van der Waals surface area contributed by atoms with Crippen molar-refractivity contribution in [2.75, 3.05) is 18.0 Å². The molecule has 1 aromatic carbocycles. The minimum Gasteiger partial charge on any atom is -0.369 e. The molecule has 1 aromatic rings. The lowest BCUT2D eigenvalue weighted by molar-refractivity contribution is -0.115. The van der Waals surface area contributed by atoms with Crippen molar-refractivity contribution in [1.82, 2.24) is 5.32 Å². The second-order valence-electron chi connectivity index (χ2n) is 5.05. The monoisotopic (exact) mass is 323 g/mol. The summed E-state index contributed by atoms with van der Waals surface area (Å²) in [6, 6.07) is 5.64. The van der Waals surface area contributed by atoms with Crippen molar-refractivity contribution in [3.05, 3.63) is 33.7 Å². The Morgan fingerprint density at radius 2 is 2.24 bits per heavy atom. The van der Waals surface area contributed by atoms with Gasteiger partial charge in [0.05, 0.1) is 4.91 Å². The van der Waals surface area contributed by atoms with Gasteiger partial charge in [-0.15, -0.1) is 0 Å². The number of halogens is 1. The van der Waals surface area contributed by atoms with E-state index in [1.807, 2.05) is 12.1 Å². The summed E-state index contributed by atoms with van der Waals surface area (Å²) in [5.74, 6) is -0.357. The number of hydrogen-bond donors (Lipinski definition) is 2. The number of carbonyl (C=O) groups is 2. The van der Waals surface area contributed by atoms with Crippen molar-refractivity contribution in [3.63, 3.8) is 0 Å². The summed E-state index contributed by atoms with van der Waals surface area (Å²) in [5.41, 5.74) is 7.75. The first kappa shape index (κ1) is 14.4. The van der Waals surface area contributed by atoms with E-state index in [4.69, 9.17) is 17.3 Å². The molecule has 0 spiro atoms. The minimum absolute atomic E-state index is 0.148. The Labute approximate surface area is 131 Å². The summed E-state index contributed by atoms with van der Waals surface area (Å²) in [4.78, 5) is 25.4. The molecule has 0 aromatic heterocycles. The van der Waals surface area contributed by atoms with Gasteiger partial charge in [-0.1, -0.05) is 17.7 Å². The van der Waals surface area contributed by atoms with E-state index in [-0.39, 0.29) is 17.2 Å². The Kier molecular flexibility index (Phi) is 3.93. The standard InChI is InChI=1S/C14H14ClN3O2S/c15-9-2-1-8(5-12-13(19)17-14(20)21-12)11(6-9)18-4-3-10(16)7-18/h1-2,5-6,10H,3-4,7,16H2,(H,17,19,20). The van der Waals surface area contributed by atoms with Crippen LogP contribution in [0.15, 0.2) is 23.1 Å². The highest BCUT2D eigenvalue weighted by molar-refractivity contribution is 8.18. The molecule has 5 nitrogen and oxygen atoms in total. The van der Waals surface area contributed by atoms with Crippen LogP contribution in [0.3, 0.4) is 0 Å². The molecule has 2 saturated heterocycles. The molecule has 0 bridgehead atoms. The maximum Gasteiger partial charge on any atom is 0.290 e. The van der Waals surface area contributed by atoms with Crippen LogP contribution >= 0.6 is 23.4 Å². The van der Waals surface area contributed by atoms with Crippen molar-refractivity contribution in [1.29, 1.82) is 0 Å². The van der Waals surface area contributed by atoms with Crippen LogP contribution in [0.1, 0.15) is 12.0 Å². The van der Waals surface area contributed by atoms with Crippen LogP contribution in [-0.4, -0.2) is 30.3 Å². The number of nitrogens with two attached hydrogens (primary N) is 1. The Balaban J connectivity index is 1.97. The first-order chi connectivity index (χ1) is 10.0. The fraction of sp³-hybridized carbons (Fsp3) is 0.286. The summed E-state index contributed by atoms with van der Waals surface area (Å²) in [6.45, 7) is 1.62. The van der Waals surface area contributed by atoms with Crippen LogP contribution < -0.4 is 16.0 Å². The molecule has 1 atom stereocenters. The van der Waals surface area contributed by atoms with Crippen LogP contribution in [0.4, 0.5) is 10.5 Å². The van der Waals surface area contributed by atoms with Gasteiger partial charge >= 0.3 is 0 Å². The van der Waals surface area contributed by atoms with E-state index in [1.165, 1.54) is 0 Å². The fourth-order valence-corrected chi connectivity index (χ4v) is 3.32. The van der Waals surface area contributed by atoms with E-state index in [1.54, 1.807) is 12.1 Å². The number of benzene rings is 1. The molecule has 2 heterocycles. The zero-order valence-corrected chi connectivity index (χ0v) is 12.7. The molecule has 0 radical (unpaired) electrons. The minimum atomic E-state index is -0.357. The number of nitrogens with one attached hydrogen (secondary N) is 1. The molecule has 110 valence electrons. The van der Waals surface area contributed by atoms with Crippen LogP contribution in [-0.2, 0) is 4.79 Å². The predicted molar refractivity (Wildman–Crippen MR) is 85.4 cm³/mol. The molecule has 0 aliphatic carbocycles. The summed E-state index contributed by atoms with van der Waals surface area (Å²) in [7, 11) is 0. The van der Waals surface area contributed by atoms with Gasteiger partial charge in [0.1, 0.15) is 0 Å². The summed E-state index contributed by atoms with van der Waals surface area (Å²) < 4.78 is 0. The second kappa shape index (κ2) is 5.71. The number of anilines is 1. The molecular formula is C14H14ClN3O2S. The second-order valence-corrected chi connectivity index (χ2v) is 6.50.